The van der Waals surface area contributed by atoms with E-state index < -0.39 is 18.9 Å². The molecule has 0 radical (unpaired) electrons. The molecule has 3 nitrogen and oxygen atoms in total. The van der Waals surface area contributed by atoms with Gasteiger partial charge >= 0.3 is 117 Å². The van der Waals surface area contributed by atoms with Crippen molar-refractivity contribution in [3.8, 4) is 5.75 Å². The van der Waals surface area contributed by atoms with Crippen LogP contribution >= 0.6 is 26.7 Å². The molecule has 0 heterocycles. The van der Waals surface area contributed by atoms with E-state index in [1.807, 2.05) is 32.0 Å². The van der Waals surface area contributed by atoms with E-state index in [-0.39, 0.29) is 0 Å². The molecule has 0 aliphatic rings. The van der Waals surface area contributed by atoms with Crippen LogP contribution < -0.4 is 4.52 Å². The van der Waals surface area contributed by atoms with Crippen LogP contribution in [0.1, 0.15) is 13.8 Å². The summed E-state index contributed by atoms with van der Waals surface area (Å²) >= 11 is 5.86. The van der Waals surface area contributed by atoms with Crippen LogP contribution in [-0.4, -0.2) is 26.8 Å². The minimum absolute atomic E-state index is 0.391. The summed E-state index contributed by atoms with van der Waals surface area (Å²) in [5, 5.41) is -3.69. The van der Waals surface area contributed by atoms with E-state index in [4.69, 9.17) is 34.9 Å². The van der Waals surface area contributed by atoms with Crippen molar-refractivity contribution in [2.45, 2.75) is 13.8 Å². The second kappa shape index (κ2) is 6.58. The minimum atomic E-state index is -3.69. The van der Waals surface area contributed by atoms with Gasteiger partial charge in [0.2, 0.25) is 0 Å². The van der Waals surface area contributed by atoms with Gasteiger partial charge in [-0.3, -0.25) is 0 Å². The molecule has 1 aromatic rings. The Morgan fingerprint density at radius 1 is 1.12 bits per heavy atom. The molecule has 0 spiro atoms. The first kappa shape index (κ1) is 15.5. The predicted octanol–water partition coefficient (Wildman–Crippen LogP) is 4.36. The fourth-order valence-corrected chi connectivity index (χ4v) is 7.84. The molecule has 0 N–H and O–H groups in total. The summed E-state index contributed by atoms with van der Waals surface area (Å²) in [5.74, 6) is 0.601. The maximum atomic E-state index is 6.48. The van der Waals surface area contributed by atoms with Crippen molar-refractivity contribution >= 4 is 40.3 Å². The number of benzene rings is 1. The molecule has 0 atom stereocenters. The number of hydrogen-bond donors (Lipinski definition) is 0. The molecule has 0 amide bonds. The molecule has 0 fully saturated rings. The Morgan fingerprint density at radius 2 is 1.65 bits per heavy atom. The summed E-state index contributed by atoms with van der Waals surface area (Å²) in [4.78, 5) is 0. The normalized spacial score (nSPS) is 14.0. The van der Waals surface area contributed by atoms with Crippen LogP contribution in [0.15, 0.2) is 30.3 Å². The standard InChI is InChI=1S/C10H15Cl2O3PSe/c1-3-13-16(11,17-12,14-4-2)15-10-8-6-5-7-9-10/h5-9H,3-4H2,1-2H3. The van der Waals surface area contributed by atoms with Crippen LogP contribution in [0.3, 0.4) is 0 Å². The van der Waals surface area contributed by atoms with Crippen LogP contribution in [0, 0.1) is 0 Å². The van der Waals surface area contributed by atoms with Gasteiger partial charge in [0, 0.05) is 0 Å². The molecule has 0 aromatic heterocycles. The molecule has 0 bridgehead atoms. The molecule has 98 valence electrons. The molecule has 1 aromatic carbocycles. The van der Waals surface area contributed by atoms with Gasteiger partial charge in [-0.05, 0) is 0 Å². The zero-order valence-electron chi connectivity index (χ0n) is 9.64. The molecule has 17 heavy (non-hydrogen) atoms. The van der Waals surface area contributed by atoms with Crippen molar-refractivity contribution in [3.05, 3.63) is 30.3 Å². The molecular formula is C10H15Cl2O3PSe. The average molecular weight is 364 g/mol. The monoisotopic (exact) mass is 364 g/mol. The van der Waals surface area contributed by atoms with Crippen molar-refractivity contribution in [2.24, 2.45) is 0 Å². The van der Waals surface area contributed by atoms with Crippen molar-refractivity contribution in [1.29, 1.82) is 0 Å². The summed E-state index contributed by atoms with van der Waals surface area (Å²) in [7, 11) is 5.99. The van der Waals surface area contributed by atoms with E-state index >= 15 is 0 Å². The van der Waals surface area contributed by atoms with Gasteiger partial charge in [-0.15, -0.1) is 0 Å². The van der Waals surface area contributed by atoms with Crippen molar-refractivity contribution in [3.63, 3.8) is 0 Å². The first-order valence-electron chi connectivity index (χ1n) is 5.16. The third kappa shape index (κ3) is 4.25. The number of para-hydroxylation sites is 1. The summed E-state index contributed by atoms with van der Waals surface area (Å²) in [6.45, 7) is 4.45. The van der Waals surface area contributed by atoms with Gasteiger partial charge in [0.1, 0.15) is 0 Å². The second-order valence-electron chi connectivity index (χ2n) is 3.03. The van der Waals surface area contributed by atoms with E-state index in [0.717, 1.165) is 0 Å². The van der Waals surface area contributed by atoms with Crippen LogP contribution in [0.4, 0.5) is 0 Å². The summed E-state index contributed by atoms with van der Waals surface area (Å²) < 4.78 is 16.9. The third-order valence-electron chi connectivity index (χ3n) is 1.78. The van der Waals surface area contributed by atoms with E-state index in [1.165, 1.54) is 0 Å². The van der Waals surface area contributed by atoms with Crippen molar-refractivity contribution in [2.75, 3.05) is 13.2 Å². The topological polar surface area (TPSA) is 27.7 Å². The second-order valence-corrected chi connectivity index (χ2v) is 15.4. The van der Waals surface area contributed by atoms with Crippen molar-refractivity contribution in [1.82, 2.24) is 0 Å². The predicted molar refractivity (Wildman–Crippen MR) is 74.7 cm³/mol. The SMILES string of the molecule is CCOP(Cl)(OCC)(Oc1ccccc1)[Se]Cl. The van der Waals surface area contributed by atoms with Crippen LogP contribution in [0.5, 0.6) is 5.75 Å². The van der Waals surface area contributed by atoms with Gasteiger partial charge in [-0.2, -0.15) is 0 Å². The Labute approximate surface area is 117 Å². The average Bonchev–Trinajstić information content (AvgIpc) is 2.31. The molecule has 7 heteroatoms. The maximum absolute atomic E-state index is 6.48. The van der Waals surface area contributed by atoms with Crippen LogP contribution in [-0.2, 0) is 9.05 Å². The summed E-state index contributed by atoms with van der Waals surface area (Å²) in [6, 6.07) is 9.19. The van der Waals surface area contributed by atoms with E-state index in [2.05, 4.69) is 0 Å². The van der Waals surface area contributed by atoms with Crippen LogP contribution in [0.25, 0.3) is 0 Å². The van der Waals surface area contributed by atoms with Gasteiger partial charge < -0.3 is 0 Å². The van der Waals surface area contributed by atoms with Gasteiger partial charge in [-0.25, -0.2) is 0 Å². The quantitative estimate of drug-likeness (QED) is 0.532. The van der Waals surface area contributed by atoms with E-state index in [9.17, 15) is 0 Å². The molecule has 0 saturated carbocycles. The zero-order chi connectivity index (χ0) is 12.8. The zero-order valence-corrected chi connectivity index (χ0v) is 13.8. The molecular weight excluding hydrogens is 349 g/mol. The fourth-order valence-electron chi connectivity index (χ4n) is 1.21. The summed E-state index contributed by atoms with van der Waals surface area (Å²) in [6.07, 6.45) is 0. The molecule has 1 rings (SSSR count). The number of rotatable bonds is 7. The van der Waals surface area contributed by atoms with E-state index in [0.29, 0.717) is 19.0 Å². The van der Waals surface area contributed by atoms with Gasteiger partial charge in [0.25, 0.3) is 0 Å². The Hall–Kier alpha value is 0.469. The number of hydrogen-bond acceptors (Lipinski definition) is 3. The Balaban J connectivity index is 2.97. The third-order valence-corrected chi connectivity index (χ3v) is 13.7. The fraction of sp³-hybridized carbons (Fsp3) is 0.400. The van der Waals surface area contributed by atoms with Crippen molar-refractivity contribution < 1.29 is 13.6 Å². The number of halogens is 2. The van der Waals surface area contributed by atoms with Crippen LogP contribution in [0.2, 0.25) is 0 Å². The Kier molecular flexibility index (Phi) is 6.01. The van der Waals surface area contributed by atoms with Gasteiger partial charge in [0.05, 0.1) is 0 Å². The molecule has 0 unspecified atom stereocenters. The molecule has 0 aliphatic carbocycles. The molecule has 0 aliphatic heterocycles. The Bertz CT molecular complexity index is 347. The first-order valence-corrected chi connectivity index (χ1v) is 12.5. The van der Waals surface area contributed by atoms with E-state index in [1.54, 1.807) is 12.1 Å². The molecule has 0 saturated heterocycles. The van der Waals surface area contributed by atoms with Gasteiger partial charge in [-0.1, -0.05) is 0 Å². The first-order chi connectivity index (χ1) is 8.06. The van der Waals surface area contributed by atoms with Gasteiger partial charge in [0.15, 0.2) is 0 Å². The Morgan fingerprint density at radius 3 is 2.06 bits per heavy atom. The summed E-state index contributed by atoms with van der Waals surface area (Å²) in [5.41, 5.74) is 0.